The van der Waals surface area contributed by atoms with Crippen LogP contribution in [0.25, 0.3) is 21.8 Å². The molecule has 1 aliphatic heterocycles. The molecule has 2 N–H and O–H groups in total. The van der Waals surface area contributed by atoms with Crippen molar-refractivity contribution in [1.29, 1.82) is 0 Å². The number of nitrogens with one attached hydrogen (secondary N) is 2. The van der Waals surface area contributed by atoms with Crippen LogP contribution in [-0.4, -0.2) is 33.9 Å². The lowest BCUT2D eigenvalue weighted by molar-refractivity contribution is -0.131. The molecule has 1 saturated heterocycles. The van der Waals surface area contributed by atoms with Gasteiger partial charge in [0.15, 0.2) is 0 Å². The lowest BCUT2D eigenvalue weighted by Gasteiger charge is -2.32. The van der Waals surface area contributed by atoms with Gasteiger partial charge in [0.2, 0.25) is 5.91 Å². The van der Waals surface area contributed by atoms with Crippen LogP contribution in [0.4, 0.5) is 0 Å². The van der Waals surface area contributed by atoms with Gasteiger partial charge in [-0.2, -0.15) is 0 Å². The third-order valence-corrected chi connectivity index (χ3v) is 6.17. The minimum Gasteiger partial charge on any atom is -0.361 e. The Kier molecular flexibility index (Phi) is 4.40. The number of piperidine rings is 1. The maximum Gasteiger partial charge on any atom is 0.227 e. The molecule has 4 aromatic rings. The summed E-state index contributed by atoms with van der Waals surface area (Å²) in [4.78, 5) is 21.5. The first-order valence-electron chi connectivity index (χ1n) is 10.2. The molecule has 1 aliphatic rings. The molecule has 0 spiro atoms. The van der Waals surface area contributed by atoms with E-state index < -0.39 is 0 Å². The number of rotatable bonds is 4. The van der Waals surface area contributed by atoms with Gasteiger partial charge in [-0.1, -0.05) is 36.4 Å². The van der Waals surface area contributed by atoms with Crippen molar-refractivity contribution in [3.05, 3.63) is 72.1 Å². The summed E-state index contributed by atoms with van der Waals surface area (Å²) in [5.74, 6) is 0.895. The molecule has 0 saturated carbocycles. The molecule has 0 atom stereocenters. The van der Waals surface area contributed by atoms with Crippen molar-refractivity contribution in [3.63, 3.8) is 0 Å². The van der Waals surface area contributed by atoms with Crippen LogP contribution < -0.4 is 0 Å². The van der Waals surface area contributed by atoms with Crippen molar-refractivity contribution < 1.29 is 4.79 Å². The number of amides is 1. The molecule has 1 fully saturated rings. The zero-order valence-electron chi connectivity index (χ0n) is 15.9. The highest BCUT2D eigenvalue weighted by molar-refractivity contribution is 5.89. The summed E-state index contributed by atoms with van der Waals surface area (Å²) < 4.78 is 0. The topological polar surface area (TPSA) is 51.9 Å². The normalized spacial score (nSPS) is 15.5. The average molecular weight is 371 g/mol. The van der Waals surface area contributed by atoms with Crippen molar-refractivity contribution in [2.24, 2.45) is 5.92 Å². The van der Waals surface area contributed by atoms with Gasteiger partial charge < -0.3 is 14.9 Å². The number of fused-ring (bicyclic) bond motifs is 2. The second-order valence-corrected chi connectivity index (χ2v) is 7.92. The molecular weight excluding hydrogens is 346 g/mol. The fourth-order valence-corrected chi connectivity index (χ4v) is 4.55. The molecule has 0 bridgehead atoms. The Hall–Kier alpha value is -3.01. The number of carbonyl (C=O) groups is 1. The van der Waals surface area contributed by atoms with Crippen LogP contribution in [0.2, 0.25) is 0 Å². The third-order valence-electron chi connectivity index (χ3n) is 6.17. The van der Waals surface area contributed by atoms with Crippen LogP contribution in [0.3, 0.4) is 0 Å². The molecule has 2 aromatic heterocycles. The molecule has 4 nitrogen and oxygen atoms in total. The van der Waals surface area contributed by atoms with Gasteiger partial charge in [-0.05, 0) is 48.4 Å². The number of para-hydroxylation sites is 2. The fraction of sp³-hybridized carbons (Fsp3) is 0.292. The smallest absolute Gasteiger partial charge is 0.227 e. The Balaban J connectivity index is 1.20. The Labute approximate surface area is 164 Å². The molecular formula is C24H25N3O. The summed E-state index contributed by atoms with van der Waals surface area (Å²) >= 11 is 0. The van der Waals surface area contributed by atoms with E-state index in [4.69, 9.17) is 0 Å². The predicted molar refractivity (Wildman–Crippen MR) is 113 cm³/mol. The van der Waals surface area contributed by atoms with Gasteiger partial charge in [0.25, 0.3) is 0 Å². The lowest BCUT2D eigenvalue weighted by Crippen LogP contribution is -2.39. The second-order valence-electron chi connectivity index (χ2n) is 7.92. The zero-order valence-corrected chi connectivity index (χ0v) is 15.9. The molecule has 0 radical (unpaired) electrons. The van der Waals surface area contributed by atoms with Gasteiger partial charge in [-0.25, -0.2) is 0 Å². The van der Waals surface area contributed by atoms with Crippen molar-refractivity contribution in [1.82, 2.24) is 14.9 Å². The maximum absolute atomic E-state index is 12.8. The van der Waals surface area contributed by atoms with Crippen molar-refractivity contribution in [3.8, 4) is 0 Å². The highest BCUT2D eigenvalue weighted by Gasteiger charge is 2.24. The fourth-order valence-electron chi connectivity index (χ4n) is 4.55. The minimum absolute atomic E-state index is 0.246. The molecule has 2 aromatic carbocycles. The Morgan fingerprint density at radius 1 is 0.857 bits per heavy atom. The van der Waals surface area contributed by atoms with E-state index >= 15 is 0 Å². The van der Waals surface area contributed by atoms with Crippen LogP contribution in [0, 0.1) is 5.92 Å². The molecule has 5 rings (SSSR count). The number of aromatic nitrogens is 2. The number of hydrogen-bond donors (Lipinski definition) is 2. The van der Waals surface area contributed by atoms with E-state index in [1.54, 1.807) is 0 Å². The van der Waals surface area contributed by atoms with Crippen LogP contribution in [0.15, 0.2) is 60.9 Å². The first-order chi connectivity index (χ1) is 13.8. The van der Waals surface area contributed by atoms with Gasteiger partial charge in [0, 0.05) is 47.3 Å². The molecule has 142 valence electrons. The summed E-state index contributed by atoms with van der Waals surface area (Å²) in [7, 11) is 0. The summed E-state index contributed by atoms with van der Waals surface area (Å²) in [6.07, 6.45) is 7.87. The summed E-state index contributed by atoms with van der Waals surface area (Å²) in [5, 5.41) is 2.49. The zero-order chi connectivity index (χ0) is 18.9. The number of benzene rings is 2. The molecule has 28 heavy (non-hydrogen) atoms. The molecule has 0 unspecified atom stereocenters. The van der Waals surface area contributed by atoms with E-state index in [-0.39, 0.29) is 5.91 Å². The van der Waals surface area contributed by atoms with Gasteiger partial charge in [0.1, 0.15) is 0 Å². The highest BCUT2D eigenvalue weighted by Crippen LogP contribution is 2.27. The van der Waals surface area contributed by atoms with E-state index in [1.165, 1.54) is 16.5 Å². The monoisotopic (exact) mass is 371 g/mol. The van der Waals surface area contributed by atoms with E-state index in [9.17, 15) is 4.79 Å². The van der Waals surface area contributed by atoms with Gasteiger partial charge in [0.05, 0.1) is 6.42 Å². The Bertz CT molecular complexity index is 1120. The lowest BCUT2D eigenvalue weighted by atomic mass is 9.90. The van der Waals surface area contributed by atoms with Crippen molar-refractivity contribution in [2.45, 2.75) is 25.7 Å². The molecule has 4 heteroatoms. The largest absolute Gasteiger partial charge is 0.361 e. The third kappa shape index (κ3) is 3.19. The van der Waals surface area contributed by atoms with Gasteiger partial charge in [-0.15, -0.1) is 0 Å². The number of carbonyl (C=O) groups excluding carboxylic acids is 1. The molecule has 1 amide bonds. The van der Waals surface area contributed by atoms with Crippen molar-refractivity contribution in [2.75, 3.05) is 13.1 Å². The minimum atomic E-state index is 0.246. The van der Waals surface area contributed by atoms with Gasteiger partial charge in [-0.3, -0.25) is 4.79 Å². The number of aromatic amines is 2. The molecule has 3 heterocycles. The Morgan fingerprint density at radius 2 is 1.43 bits per heavy atom. The number of nitrogens with zero attached hydrogens (tertiary/aromatic N) is 1. The summed E-state index contributed by atoms with van der Waals surface area (Å²) in [6, 6.07) is 16.7. The number of hydrogen-bond acceptors (Lipinski definition) is 1. The Morgan fingerprint density at radius 3 is 2.11 bits per heavy atom. The van der Waals surface area contributed by atoms with Crippen LogP contribution in [0.5, 0.6) is 0 Å². The summed E-state index contributed by atoms with van der Waals surface area (Å²) in [6.45, 7) is 1.74. The first kappa shape index (κ1) is 17.1. The highest BCUT2D eigenvalue weighted by atomic mass is 16.2. The number of H-pyrrole nitrogens is 2. The molecule has 0 aliphatic carbocycles. The SMILES string of the molecule is O=C(Cc1c[nH]c2ccccc12)N1CCC(Cc2c[nH]c3ccccc23)CC1. The van der Waals surface area contributed by atoms with Crippen LogP contribution in [-0.2, 0) is 17.6 Å². The van der Waals surface area contributed by atoms with Crippen molar-refractivity contribution >= 4 is 27.7 Å². The first-order valence-corrected chi connectivity index (χ1v) is 10.2. The second kappa shape index (κ2) is 7.19. The summed E-state index contributed by atoms with van der Waals surface area (Å²) in [5.41, 5.74) is 4.81. The van der Waals surface area contributed by atoms with E-state index in [0.29, 0.717) is 12.3 Å². The van der Waals surface area contributed by atoms with E-state index in [2.05, 4.69) is 52.6 Å². The van der Waals surface area contributed by atoms with E-state index in [0.717, 1.165) is 48.8 Å². The van der Waals surface area contributed by atoms with E-state index in [1.807, 2.05) is 23.2 Å². The standard InChI is InChI=1S/C24H25N3O/c28-24(14-19-16-26-23-8-4-2-6-21(19)23)27-11-9-17(10-12-27)13-18-15-25-22-7-3-1-5-20(18)22/h1-8,15-17,25-26H,9-14H2. The average Bonchev–Trinajstić information content (AvgIpc) is 3.33. The number of likely N-dealkylation sites (tertiary alicyclic amines) is 1. The quantitative estimate of drug-likeness (QED) is 0.538. The maximum atomic E-state index is 12.8. The van der Waals surface area contributed by atoms with Crippen LogP contribution in [0.1, 0.15) is 24.0 Å². The van der Waals surface area contributed by atoms with Gasteiger partial charge >= 0.3 is 0 Å². The van der Waals surface area contributed by atoms with Crippen LogP contribution >= 0.6 is 0 Å². The predicted octanol–water partition coefficient (Wildman–Crippen LogP) is 4.67.